The van der Waals surface area contributed by atoms with Gasteiger partial charge in [0.25, 0.3) is 0 Å². The van der Waals surface area contributed by atoms with E-state index in [0.717, 1.165) is 14.2 Å². The van der Waals surface area contributed by atoms with Gasteiger partial charge >= 0.3 is 17.9 Å². The van der Waals surface area contributed by atoms with Crippen LogP contribution in [0.4, 0.5) is 4.39 Å². The molecule has 0 saturated carbocycles. The summed E-state index contributed by atoms with van der Waals surface area (Å²) in [7, 11) is 2.05. The lowest BCUT2D eigenvalue weighted by atomic mass is 9.87. The van der Waals surface area contributed by atoms with Crippen molar-refractivity contribution >= 4 is 29.7 Å². The van der Waals surface area contributed by atoms with Gasteiger partial charge in [-0.1, -0.05) is 19.1 Å². The van der Waals surface area contributed by atoms with E-state index in [1.807, 2.05) is 0 Å². The van der Waals surface area contributed by atoms with E-state index in [4.69, 9.17) is 0 Å². The van der Waals surface area contributed by atoms with Gasteiger partial charge in [0.1, 0.15) is 17.9 Å². The summed E-state index contributed by atoms with van der Waals surface area (Å²) in [6, 6.07) is 2.32. The summed E-state index contributed by atoms with van der Waals surface area (Å²) < 4.78 is 22.2. The fourth-order valence-electron chi connectivity index (χ4n) is 2.95. The highest BCUT2D eigenvalue weighted by Crippen LogP contribution is 2.20. The van der Waals surface area contributed by atoms with E-state index in [0.29, 0.717) is 5.56 Å². The Hall–Kier alpha value is -3.50. The number of ether oxygens (including phenoxy) is 2. The Morgan fingerprint density at radius 3 is 1.94 bits per heavy atom. The number of hydrogen-bond donors (Lipinski definition) is 3. The van der Waals surface area contributed by atoms with E-state index in [1.54, 1.807) is 0 Å². The molecule has 3 N–H and O–H groups in total. The molecule has 31 heavy (non-hydrogen) atoms. The number of hydrogen-bond acceptors (Lipinski definition) is 7. The molecule has 2 amide bonds. The normalized spacial score (nSPS) is 13.5. The van der Waals surface area contributed by atoms with Crippen LogP contribution in [0.5, 0.6) is 0 Å². The van der Waals surface area contributed by atoms with Crippen LogP contribution >= 0.6 is 0 Å². The molecule has 11 heteroatoms. The van der Waals surface area contributed by atoms with E-state index in [9.17, 15) is 33.5 Å². The van der Waals surface area contributed by atoms with E-state index in [2.05, 4.69) is 20.1 Å². The summed E-state index contributed by atoms with van der Waals surface area (Å²) in [5.41, 5.74) is 0.511. The predicted octanol–water partition coefficient (Wildman–Crippen LogP) is 0.0406. The highest BCUT2D eigenvalue weighted by Gasteiger charge is 2.42. The van der Waals surface area contributed by atoms with Crippen LogP contribution in [-0.2, 0) is 39.9 Å². The van der Waals surface area contributed by atoms with Gasteiger partial charge in [0.2, 0.25) is 11.8 Å². The number of benzene rings is 1. The average molecular weight is 440 g/mol. The van der Waals surface area contributed by atoms with E-state index >= 15 is 0 Å². The molecule has 3 atom stereocenters. The van der Waals surface area contributed by atoms with Crippen molar-refractivity contribution in [3.05, 3.63) is 35.6 Å². The summed E-state index contributed by atoms with van der Waals surface area (Å²) in [4.78, 5) is 60.1. The number of methoxy groups -OCH3 is 2. The molecular weight excluding hydrogens is 415 g/mol. The van der Waals surface area contributed by atoms with Gasteiger partial charge in [0, 0.05) is 19.3 Å². The van der Waals surface area contributed by atoms with E-state index < -0.39 is 59.5 Å². The molecule has 0 saturated heterocycles. The molecule has 0 bridgehead atoms. The van der Waals surface area contributed by atoms with Crippen molar-refractivity contribution in [1.29, 1.82) is 0 Å². The van der Waals surface area contributed by atoms with Crippen LogP contribution in [0.1, 0.15) is 19.4 Å². The van der Waals surface area contributed by atoms with Gasteiger partial charge in [-0.25, -0.2) is 9.18 Å². The van der Waals surface area contributed by atoms with Crippen molar-refractivity contribution in [2.45, 2.75) is 32.4 Å². The van der Waals surface area contributed by atoms with Crippen molar-refractivity contribution < 1.29 is 42.9 Å². The first-order valence-corrected chi connectivity index (χ1v) is 9.22. The zero-order chi connectivity index (χ0) is 23.7. The molecule has 0 fully saturated rings. The fraction of sp³-hybridized carbons (Fsp3) is 0.450. The molecule has 170 valence electrons. The Labute approximate surface area is 178 Å². The minimum atomic E-state index is -1.68. The Bertz CT molecular complexity index is 811. The third-order valence-electron chi connectivity index (χ3n) is 4.57. The second-order valence-corrected chi connectivity index (χ2v) is 6.79. The minimum Gasteiger partial charge on any atom is -0.480 e. The molecule has 0 heterocycles. The number of carbonyl (C=O) groups is 5. The smallest absolute Gasteiger partial charge is 0.326 e. The third-order valence-corrected chi connectivity index (χ3v) is 4.57. The molecule has 0 unspecified atom stereocenters. The molecule has 0 aliphatic carbocycles. The molecule has 0 aliphatic rings. The number of rotatable bonds is 10. The minimum absolute atomic E-state index is 0.0517. The number of amides is 2. The van der Waals surface area contributed by atoms with Gasteiger partial charge < -0.3 is 25.2 Å². The standard InChI is InChI=1S/C20H25FN2O8/c1-10(15(19(28)30-3)20(29)31-4)16(18(26)27)23-17(25)14(22-11(2)24)9-12-5-7-13(21)8-6-12/h5-8,10,14-16H,9H2,1-4H3,(H,22,24)(H,23,25)(H,26,27)/t10-,14+,16-/m0/s1. The van der Waals surface area contributed by atoms with Crippen molar-refractivity contribution in [1.82, 2.24) is 10.6 Å². The Morgan fingerprint density at radius 1 is 1.00 bits per heavy atom. The van der Waals surface area contributed by atoms with Crippen LogP contribution in [0.2, 0.25) is 0 Å². The lowest BCUT2D eigenvalue weighted by Crippen LogP contribution is -2.56. The molecule has 0 spiro atoms. The second kappa shape index (κ2) is 11.6. The number of aliphatic carboxylic acids is 1. The highest BCUT2D eigenvalue weighted by atomic mass is 19.1. The first-order valence-electron chi connectivity index (χ1n) is 9.22. The molecule has 1 rings (SSSR count). The van der Waals surface area contributed by atoms with Crippen LogP contribution in [0.25, 0.3) is 0 Å². The predicted molar refractivity (Wildman–Crippen MR) is 104 cm³/mol. The summed E-state index contributed by atoms with van der Waals surface area (Å²) in [5.74, 6) is -8.31. The van der Waals surface area contributed by atoms with Gasteiger partial charge in [0.05, 0.1) is 14.2 Å². The first kappa shape index (κ1) is 25.5. The highest BCUT2D eigenvalue weighted by molar-refractivity contribution is 5.97. The van der Waals surface area contributed by atoms with Crippen LogP contribution in [-0.4, -0.2) is 61.1 Å². The van der Waals surface area contributed by atoms with Gasteiger partial charge in [-0.05, 0) is 17.7 Å². The molecule has 10 nitrogen and oxygen atoms in total. The summed E-state index contributed by atoms with van der Waals surface area (Å²) in [5, 5.41) is 14.2. The largest absolute Gasteiger partial charge is 0.480 e. The van der Waals surface area contributed by atoms with E-state index in [-0.39, 0.29) is 6.42 Å². The average Bonchev–Trinajstić information content (AvgIpc) is 2.71. The number of halogens is 1. The quantitative estimate of drug-likeness (QED) is 0.341. The van der Waals surface area contributed by atoms with Crippen molar-refractivity contribution in [3.8, 4) is 0 Å². The van der Waals surface area contributed by atoms with Crippen LogP contribution in [0, 0.1) is 17.7 Å². The van der Waals surface area contributed by atoms with Crippen LogP contribution < -0.4 is 10.6 Å². The van der Waals surface area contributed by atoms with E-state index in [1.165, 1.54) is 38.1 Å². The van der Waals surface area contributed by atoms with Crippen LogP contribution in [0.15, 0.2) is 24.3 Å². The topological polar surface area (TPSA) is 148 Å². The monoisotopic (exact) mass is 440 g/mol. The third kappa shape index (κ3) is 7.36. The first-order chi connectivity index (χ1) is 14.5. The van der Waals surface area contributed by atoms with Gasteiger partial charge in [0.15, 0.2) is 5.92 Å². The molecule has 1 aromatic carbocycles. The Morgan fingerprint density at radius 2 is 1.52 bits per heavy atom. The lowest BCUT2D eigenvalue weighted by molar-refractivity contribution is -0.163. The van der Waals surface area contributed by atoms with Crippen LogP contribution in [0.3, 0.4) is 0 Å². The van der Waals surface area contributed by atoms with Crippen molar-refractivity contribution in [2.24, 2.45) is 11.8 Å². The number of carboxylic acids is 1. The number of nitrogens with one attached hydrogen (secondary N) is 2. The lowest BCUT2D eigenvalue weighted by Gasteiger charge is -2.27. The molecule has 0 aliphatic heterocycles. The van der Waals surface area contributed by atoms with Crippen molar-refractivity contribution in [2.75, 3.05) is 14.2 Å². The summed E-state index contributed by atoms with van der Waals surface area (Å²) in [6.07, 6.45) is -0.0517. The maximum atomic E-state index is 13.1. The maximum absolute atomic E-state index is 13.1. The zero-order valence-corrected chi connectivity index (χ0v) is 17.5. The van der Waals surface area contributed by atoms with Gasteiger partial charge in [-0.3, -0.25) is 19.2 Å². The SMILES string of the molecule is COC(=O)C(C(=O)OC)[C@H](C)[C@H](NC(=O)[C@@H](Cc1ccc(F)cc1)NC(C)=O)C(=O)O. The number of esters is 2. The summed E-state index contributed by atoms with van der Waals surface area (Å²) in [6.45, 7) is 2.44. The van der Waals surface area contributed by atoms with Gasteiger partial charge in [-0.15, -0.1) is 0 Å². The number of carbonyl (C=O) groups excluding carboxylic acids is 4. The van der Waals surface area contributed by atoms with Crippen molar-refractivity contribution in [3.63, 3.8) is 0 Å². The molecule has 0 radical (unpaired) electrons. The molecule has 0 aromatic heterocycles. The molecular formula is C20H25FN2O8. The molecule has 1 aromatic rings. The fourth-order valence-corrected chi connectivity index (χ4v) is 2.95. The maximum Gasteiger partial charge on any atom is 0.326 e. The van der Waals surface area contributed by atoms with Gasteiger partial charge in [-0.2, -0.15) is 0 Å². The zero-order valence-electron chi connectivity index (χ0n) is 17.5. The number of carboxylic acid groups (broad SMARTS) is 1. The Kier molecular flexibility index (Phi) is 9.58. The second-order valence-electron chi connectivity index (χ2n) is 6.79. The Balaban J connectivity index is 3.12. The summed E-state index contributed by atoms with van der Waals surface area (Å²) >= 11 is 0.